The van der Waals surface area contributed by atoms with Gasteiger partial charge in [-0.15, -0.1) is 0 Å². The number of anilines is 1. The summed E-state index contributed by atoms with van der Waals surface area (Å²) in [7, 11) is 0. The summed E-state index contributed by atoms with van der Waals surface area (Å²) < 4.78 is 47.0. The van der Waals surface area contributed by atoms with Crippen LogP contribution in [-0.4, -0.2) is 6.54 Å². The minimum atomic E-state index is -4.34. The molecule has 0 amide bonds. The van der Waals surface area contributed by atoms with E-state index in [0.717, 1.165) is 62.1 Å². The van der Waals surface area contributed by atoms with Crippen molar-refractivity contribution in [3.8, 4) is 5.75 Å². The van der Waals surface area contributed by atoms with Gasteiger partial charge in [0.05, 0.1) is 5.56 Å². The lowest BCUT2D eigenvalue weighted by Gasteiger charge is -2.25. The first-order valence-electron chi connectivity index (χ1n) is 10.1. The maximum Gasteiger partial charge on any atom is 0.416 e. The lowest BCUT2D eigenvalue weighted by atomic mass is 9.81. The van der Waals surface area contributed by atoms with Gasteiger partial charge in [-0.25, -0.2) is 0 Å². The highest BCUT2D eigenvalue weighted by molar-refractivity contribution is 5.62. The fraction of sp³-hybridized carbons (Fsp3) is 0.478. The number of hydrogen-bond donors (Lipinski definition) is 1. The molecular weight excluding hydrogens is 363 g/mol. The van der Waals surface area contributed by atoms with Crippen molar-refractivity contribution in [1.29, 1.82) is 0 Å². The van der Waals surface area contributed by atoms with Crippen LogP contribution in [0.4, 0.5) is 18.9 Å². The molecule has 0 aromatic heterocycles. The van der Waals surface area contributed by atoms with Gasteiger partial charge >= 0.3 is 6.18 Å². The largest absolute Gasteiger partial charge is 0.489 e. The van der Waals surface area contributed by atoms with Crippen LogP contribution in [0, 0.1) is 6.92 Å². The maximum absolute atomic E-state index is 13.7. The second-order valence-electron chi connectivity index (χ2n) is 7.93. The summed E-state index contributed by atoms with van der Waals surface area (Å²) in [5.41, 5.74) is 3.95. The van der Waals surface area contributed by atoms with Gasteiger partial charge in [0.25, 0.3) is 0 Å². The molecule has 2 aromatic carbocycles. The smallest absolute Gasteiger partial charge is 0.416 e. The first-order chi connectivity index (χ1) is 13.4. The minimum absolute atomic E-state index is 0.0202. The summed E-state index contributed by atoms with van der Waals surface area (Å²) >= 11 is 0. The molecule has 0 saturated heterocycles. The molecule has 1 aliphatic carbocycles. The minimum Gasteiger partial charge on any atom is -0.489 e. The van der Waals surface area contributed by atoms with Gasteiger partial charge in [-0.3, -0.25) is 0 Å². The van der Waals surface area contributed by atoms with Crippen LogP contribution < -0.4 is 10.1 Å². The van der Waals surface area contributed by atoms with Crippen LogP contribution in [0.2, 0.25) is 0 Å². The zero-order chi connectivity index (χ0) is 19.7. The van der Waals surface area contributed by atoms with Crippen molar-refractivity contribution in [3.63, 3.8) is 0 Å². The third-order valence-electron chi connectivity index (χ3n) is 6.10. The number of nitrogens with one attached hydrogen (secondary N) is 1. The summed E-state index contributed by atoms with van der Waals surface area (Å²) in [6.45, 7) is 3.06. The van der Waals surface area contributed by atoms with Gasteiger partial charge < -0.3 is 10.1 Å². The normalized spacial score (nSPS) is 17.3. The van der Waals surface area contributed by atoms with Crippen molar-refractivity contribution in [2.45, 2.75) is 64.1 Å². The highest BCUT2D eigenvalue weighted by Crippen LogP contribution is 2.41. The number of rotatable bonds is 4. The zero-order valence-electron chi connectivity index (χ0n) is 16.2. The van der Waals surface area contributed by atoms with E-state index >= 15 is 0 Å². The van der Waals surface area contributed by atoms with Gasteiger partial charge in [0.15, 0.2) is 0 Å². The lowest BCUT2D eigenvalue weighted by Crippen LogP contribution is -2.15. The number of benzene rings is 2. The molecule has 150 valence electrons. The van der Waals surface area contributed by atoms with Gasteiger partial charge in [0.1, 0.15) is 12.4 Å². The van der Waals surface area contributed by atoms with E-state index in [-0.39, 0.29) is 12.5 Å². The van der Waals surface area contributed by atoms with E-state index < -0.39 is 11.7 Å². The van der Waals surface area contributed by atoms with E-state index in [1.807, 2.05) is 19.1 Å². The van der Waals surface area contributed by atoms with E-state index in [1.54, 1.807) is 12.1 Å². The van der Waals surface area contributed by atoms with Gasteiger partial charge in [0, 0.05) is 12.2 Å². The predicted molar refractivity (Wildman–Crippen MR) is 105 cm³/mol. The van der Waals surface area contributed by atoms with Crippen LogP contribution in [0.25, 0.3) is 0 Å². The van der Waals surface area contributed by atoms with Crippen LogP contribution in [0.5, 0.6) is 5.75 Å². The molecule has 5 heteroatoms. The van der Waals surface area contributed by atoms with Gasteiger partial charge in [-0.05, 0) is 72.6 Å². The Bertz CT molecular complexity index is 854. The molecule has 2 aromatic rings. The fourth-order valence-electron chi connectivity index (χ4n) is 4.57. The molecular formula is C23H26F3NO. The molecule has 1 aliphatic heterocycles. The van der Waals surface area contributed by atoms with Crippen molar-refractivity contribution in [2.24, 2.45) is 0 Å². The Kier molecular flexibility index (Phi) is 5.26. The summed E-state index contributed by atoms with van der Waals surface area (Å²) in [5, 5.41) is 3.32. The van der Waals surface area contributed by atoms with E-state index in [0.29, 0.717) is 11.1 Å². The lowest BCUT2D eigenvalue weighted by molar-refractivity contribution is -0.138. The Hall–Kier alpha value is -2.17. The molecule has 1 heterocycles. The maximum atomic E-state index is 13.7. The van der Waals surface area contributed by atoms with E-state index in [1.165, 1.54) is 11.6 Å². The predicted octanol–water partition coefficient (Wildman–Crippen LogP) is 6.61. The highest BCUT2D eigenvalue weighted by atomic mass is 19.4. The number of fused-ring (bicyclic) bond motifs is 1. The number of hydrogen-bond acceptors (Lipinski definition) is 2. The van der Waals surface area contributed by atoms with Crippen LogP contribution in [-0.2, 0) is 19.2 Å². The molecule has 2 nitrogen and oxygen atoms in total. The summed E-state index contributed by atoms with van der Waals surface area (Å²) in [5.74, 6) is 0.763. The molecule has 0 atom stereocenters. The van der Waals surface area contributed by atoms with Crippen molar-refractivity contribution in [3.05, 3.63) is 58.1 Å². The Labute approximate surface area is 164 Å². The summed E-state index contributed by atoms with van der Waals surface area (Å²) in [4.78, 5) is 0. The standard InChI is InChI=1S/C23H26F3NO/c1-15-18-11-12-27-21(18)9-10-22(15)28-14-16-7-8-19(17-5-3-2-4-6-17)20(13-16)23(24,25)26/h7-10,13,17,27H,2-6,11-12,14H2,1H3. The van der Waals surface area contributed by atoms with Gasteiger partial charge in [-0.1, -0.05) is 31.4 Å². The highest BCUT2D eigenvalue weighted by Gasteiger charge is 2.35. The SMILES string of the molecule is Cc1c(OCc2ccc(C3CCCCC3)c(C(F)(F)F)c2)ccc2c1CCN2. The van der Waals surface area contributed by atoms with Crippen molar-refractivity contribution < 1.29 is 17.9 Å². The third-order valence-corrected chi connectivity index (χ3v) is 6.10. The summed E-state index contributed by atoms with van der Waals surface area (Å²) in [6.07, 6.45) is 1.46. The second-order valence-corrected chi connectivity index (χ2v) is 7.93. The quantitative estimate of drug-likeness (QED) is 0.635. The molecule has 1 fully saturated rings. The summed E-state index contributed by atoms with van der Waals surface area (Å²) in [6, 6.07) is 8.64. The van der Waals surface area contributed by atoms with Gasteiger partial charge in [-0.2, -0.15) is 13.2 Å². The van der Waals surface area contributed by atoms with Crippen molar-refractivity contribution in [1.82, 2.24) is 0 Å². The first-order valence-corrected chi connectivity index (χ1v) is 10.1. The molecule has 1 saturated carbocycles. The molecule has 2 aliphatic rings. The van der Waals surface area contributed by atoms with E-state index in [4.69, 9.17) is 4.74 Å². The second kappa shape index (κ2) is 7.69. The van der Waals surface area contributed by atoms with Crippen LogP contribution >= 0.6 is 0 Å². The van der Waals surface area contributed by atoms with Crippen LogP contribution in [0.3, 0.4) is 0 Å². The Morgan fingerprint density at radius 1 is 1.07 bits per heavy atom. The number of ether oxygens (including phenoxy) is 1. The number of alkyl halides is 3. The van der Waals surface area contributed by atoms with E-state index in [2.05, 4.69) is 5.32 Å². The number of halogens is 3. The molecule has 1 N–H and O–H groups in total. The first kappa shape index (κ1) is 19.2. The molecule has 0 radical (unpaired) electrons. The molecule has 0 bridgehead atoms. The topological polar surface area (TPSA) is 21.3 Å². The zero-order valence-corrected chi connectivity index (χ0v) is 16.2. The Morgan fingerprint density at radius 3 is 2.61 bits per heavy atom. The molecule has 4 rings (SSSR count). The van der Waals surface area contributed by atoms with Crippen molar-refractivity contribution >= 4 is 5.69 Å². The molecule has 0 unspecified atom stereocenters. The third kappa shape index (κ3) is 3.85. The average Bonchev–Trinajstić information content (AvgIpc) is 3.17. The Balaban J connectivity index is 1.55. The molecule has 0 spiro atoms. The van der Waals surface area contributed by atoms with Crippen LogP contribution in [0.15, 0.2) is 30.3 Å². The fourth-order valence-corrected chi connectivity index (χ4v) is 4.57. The van der Waals surface area contributed by atoms with Crippen molar-refractivity contribution in [2.75, 3.05) is 11.9 Å². The molecule has 28 heavy (non-hydrogen) atoms. The van der Waals surface area contributed by atoms with Gasteiger partial charge in [0.2, 0.25) is 0 Å². The van der Waals surface area contributed by atoms with E-state index in [9.17, 15) is 13.2 Å². The Morgan fingerprint density at radius 2 is 1.86 bits per heavy atom. The monoisotopic (exact) mass is 389 g/mol. The average molecular weight is 389 g/mol. The van der Waals surface area contributed by atoms with Crippen LogP contribution in [0.1, 0.15) is 65.8 Å².